The number of carbonyl (C=O) groups excluding carboxylic acids is 2. The van der Waals surface area contributed by atoms with Crippen LogP contribution < -0.4 is 9.62 Å². The maximum Gasteiger partial charge on any atom is 0.244 e. The fraction of sp³-hybridized carbons (Fsp3) is 0.286. The molecule has 7 nitrogen and oxygen atoms in total. The summed E-state index contributed by atoms with van der Waals surface area (Å²) in [5, 5.41) is 2.60. The van der Waals surface area contributed by atoms with Crippen molar-refractivity contribution in [2.24, 2.45) is 0 Å². The van der Waals surface area contributed by atoms with E-state index >= 15 is 0 Å². The van der Waals surface area contributed by atoms with Crippen LogP contribution in [-0.2, 0) is 32.6 Å². The van der Waals surface area contributed by atoms with Gasteiger partial charge < -0.3 is 10.2 Å². The Morgan fingerprint density at radius 2 is 1.69 bits per heavy atom. The summed E-state index contributed by atoms with van der Waals surface area (Å²) in [6.07, 6.45) is 1.88. The van der Waals surface area contributed by atoms with E-state index in [1.807, 2.05) is 61.5 Å². The Morgan fingerprint density at radius 1 is 1.03 bits per heavy atom. The standard InChI is InChI=1S/C28H30BrClFN3O4S/c1-3-15-32-28(36)26(16-20-7-5-4-6-8-20)33(18-21-9-11-22(29)12-10-21)27(35)19-34(39(2,37)38)23-13-14-25(31)24(30)17-23/h4-14,17,26H,3,15-16,18-19H2,1-2H3,(H,32,36)/t26-/m0/s1. The molecule has 0 spiro atoms. The zero-order valence-electron chi connectivity index (χ0n) is 21.6. The molecule has 2 amide bonds. The number of halogens is 3. The van der Waals surface area contributed by atoms with Crippen LogP contribution in [-0.4, -0.2) is 50.5 Å². The van der Waals surface area contributed by atoms with Crippen LogP contribution in [0.15, 0.2) is 77.3 Å². The summed E-state index contributed by atoms with van der Waals surface area (Å²) < 4.78 is 41.0. The number of nitrogens with zero attached hydrogens (tertiary/aromatic N) is 2. The number of anilines is 1. The van der Waals surface area contributed by atoms with Crippen LogP contribution in [0.25, 0.3) is 0 Å². The van der Waals surface area contributed by atoms with Gasteiger partial charge >= 0.3 is 0 Å². The van der Waals surface area contributed by atoms with Crippen LogP contribution in [0.1, 0.15) is 24.5 Å². The molecule has 0 aliphatic rings. The molecule has 3 aromatic carbocycles. The Balaban J connectivity index is 2.04. The second kappa shape index (κ2) is 13.9. The molecule has 0 saturated carbocycles. The largest absolute Gasteiger partial charge is 0.354 e. The predicted octanol–water partition coefficient (Wildman–Crippen LogP) is 5.17. The molecule has 0 heterocycles. The van der Waals surface area contributed by atoms with Gasteiger partial charge in [-0.05, 0) is 47.9 Å². The summed E-state index contributed by atoms with van der Waals surface area (Å²) in [7, 11) is -3.98. The van der Waals surface area contributed by atoms with Gasteiger partial charge in [0.15, 0.2) is 0 Å². The van der Waals surface area contributed by atoms with Gasteiger partial charge in [-0.15, -0.1) is 0 Å². The van der Waals surface area contributed by atoms with Gasteiger partial charge in [0.25, 0.3) is 0 Å². The van der Waals surface area contributed by atoms with E-state index < -0.39 is 34.3 Å². The van der Waals surface area contributed by atoms with E-state index in [0.29, 0.717) is 13.0 Å². The number of carbonyl (C=O) groups is 2. The lowest BCUT2D eigenvalue weighted by Crippen LogP contribution is -2.53. The Labute approximate surface area is 242 Å². The van der Waals surface area contributed by atoms with Crippen molar-refractivity contribution in [1.29, 1.82) is 0 Å². The summed E-state index contributed by atoms with van der Waals surface area (Å²) in [6.45, 7) is 1.80. The second-order valence-electron chi connectivity index (χ2n) is 9.01. The minimum atomic E-state index is -3.98. The summed E-state index contributed by atoms with van der Waals surface area (Å²) >= 11 is 9.31. The predicted molar refractivity (Wildman–Crippen MR) is 156 cm³/mol. The monoisotopic (exact) mass is 637 g/mol. The maximum atomic E-state index is 13.9. The second-order valence-corrected chi connectivity index (χ2v) is 12.2. The molecule has 0 saturated heterocycles. The molecule has 0 radical (unpaired) electrons. The highest BCUT2D eigenvalue weighted by molar-refractivity contribution is 9.10. The number of sulfonamides is 1. The molecule has 0 bridgehead atoms. The lowest BCUT2D eigenvalue weighted by molar-refractivity contribution is -0.140. The zero-order valence-corrected chi connectivity index (χ0v) is 24.8. The van der Waals surface area contributed by atoms with E-state index in [-0.39, 0.29) is 29.6 Å². The number of hydrogen-bond acceptors (Lipinski definition) is 4. The summed E-state index contributed by atoms with van der Waals surface area (Å²) in [6, 6.07) is 19.1. The first-order valence-corrected chi connectivity index (χ1v) is 15.3. The van der Waals surface area contributed by atoms with Crippen LogP contribution in [0, 0.1) is 5.82 Å². The van der Waals surface area contributed by atoms with Gasteiger partial charge in [0.05, 0.1) is 17.0 Å². The van der Waals surface area contributed by atoms with Gasteiger partial charge in [-0.25, -0.2) is 12.8 Å². The van der Waals surface area contributed by atoms with Gasteiger partial charge in [0, 0.05) is 24.0 Å². The first kappa shape index (κ1) is 30.6. The number of hydrogen-bond donors (Lipinski definition) is 1. The summed E-state index contributed by atoms with van der Waals surface area (Å²) in [5.41, 5.74) is 1.63. The minimum absolute atomic E-state index is 0.0379. The maximum absolute atomic E-state index is 13.9. The number of rotatable bonds is 12. The smallest absolute Gasteiger partial charge is 0.244 e. The van der Waals surface area contributed by atoms with Crippen molar-refractivity contribution in [2.45, 2.75) is 32.4 Å². The molecule has 1 N–H and O–H groups in total. The highest BCUT2D eigenvalue weighted by Gasteiger charge is 2.33. The van der Waals surface area contributed by atoms with Gasteiger partial charge in [-0.3, -0.25) is 13.9 Å². The van der Waals surface area contributed by atoms with Crippen molar-refractivity contribution in [2.75, 3.05) is 23.7 Å². The molecule has 208 valence electrons. The first-order chi connectivity index (χ1) is 18.5. The van der Waals surface area contributed by atoms with Crippen molar-refractivity contribution >= 4 is 55.1 Å². The fourth-order valence-corrected chi connectivity index (χ4v) is 5.24. The van der Waals surface area contributed by atoms with E-state index in [1.165, 1.54) is 11.0 Å². The van der Waals surface area contributed by atoms with Crippen molar-refractivity contribution in [1.82, 2.24) is 10.2 Å². The Morgan fingerprint density at radius 3 is 2.28 bits per heavy atom. The van der Waals surface area contributed by atoms with E-state index in [2.05, 4.69) is 21.2 Å². The normalized spacial score (nSPS) is 12.0. The first-order valence-electron chi connectivity index (χ1n) is 12.3. The minimum Gasteiger partial charge on any atom is -0.354 e. The lowest BCUT2D eigenvalue weighted by Gasteiger charge is -2.33. The molecule has 39 heavy (non-hydrogen) atoms. The van der Waals surface area contributed by atoms with Gasteiger partial charge in [0.1, 0.15) is 18.4 Å². The van der Waals surface area contributed by atoms with Crippen LogP contribution in [0.2, 0.25) is 5.02 Å². The van der Waals surface area contributed by atoms with Crippen molar-refractivity contribution < 1.29 is 22.4 Å². The van der Waals surface area contributed by atoms with Crippen molar-refractivity contribution in [3.8, 4) is 0 Å². The molecule has 0 aromatic heterocycles. The molecule has 3 rings (SSSR count). The molecule has 3 aromatic rings. The average molecular weight is 639 g/mol. The van der Waals surface area contributed by atoms with E-state index in [0.717, 1.165) is 38.3 Å². The molecule has 0 aliphatic heterocycles. The molecule has 1 atom stereocenters. The molecule has 0 fully saturated rings. The third kappa shape index (κ3) is 8.78. The highest BCUT2D eigenvalue weighted by Crippen LogP contribution is 2.25. The summed E-state index contributed by atoms with van der Waals surface area (Å²) in [5.74, 6) is -1.66. The zero-order chi connectivity index (χ0) is 28.6. The number of benzene rings is 3. The van der Waals surface area contributed by atoms with Crippen LogP contribution in [0.4, 0.5) is 10.1 Å². The number of nitrogens with one attached hydrogen (secondary N) is 1. The Kier molecular flexibility index (Phi) is 10.9. The summed E-state index contributed by atoms with van der Waals surface area (Å²) in [4.78, 5) is 28.8. The third-order valence-electron chi connectivity index (χ3n) is 5.96. The Bertz CT molecular complexity index is 1390. The van der Waals surface area contributed by atoms with Crippen LogP contribution >= 0.6 is 27.5 Å². The van der Waals surface area contributed by atoms with E-state index in [1.54, 1.807) is 0 Å². The van der Waals surface area contributed by atoms with Crippen LogP contribution in [0.3, 0.4) is 0 Å². The molecule has 11 heteroatoms. The fourth-order valence-electron chi connectivity index (χ4n) is 3.96. The lowest BCUT2D eigenvalue weighted by atomic mass is 10.0. The van der Waals surface area contributed by atoms with Crippen LogP contribution in [0.5, 0.6) is 0 Å². The average Bonchev–Trinajstić information content (AvgIpc) is 2.90. The van der Waals surface area contributed by atoms with E-state index in [4.69, 9.17) is 11.6 Å². The van der Waals surface area contributed by atoms with Gasteiger partial charge in [-0.2, -0.15) is 0 Å². The van der Waals surface area contributed by atoms with E-state index in [9.17, 15) is 22.4 Å². The third-order valence-corrected chi connectivity index (χ3v) is 7.92. The highest BCUT2D eigenvalue weighted by atomic mass is 79.9. The topological polar surface area (TPSA) is 86.8 Å². The molecule has 0 unspecified atom stereocenters. The molecular formula is C28H30BrClFN3O4S. The Hall–Kier alpha value is -2.95. The quantitative estimate of drug-likeness (QED) is 0.297. The van der Waals surface area contributed by atoms with Crippen molar-refractivity contribution in [3.63, 3.8) is 0 Å². The van der Waals surface area contributed by atoms with Gasteiger partial charge in [0.2, 0.25) is 21.8 Å². The molecular weight excluding hydrogens is 609 g/mol. The van der Waals surface area contributed by atoms with Crippen molar-refractivity contribution in [3.05, 3.63) is 99.2 Å². The molecule has 0 aliphatic carbocycles. The number of amides is 2. The van der Waals surface area contributed by atoms with Gasteiger partial charge in [-0.1, -0.05) is 76.9 Å². The SMILES string of the molecule is CCCNC(=O)[C@H](Cc1ccccc1)N(Cc1ccc(Br)cc1)C(=O)CN(c1ccc(F)c(Cl)c1)S(C)(=O)=O.